The van der Waals surface area contributed by atoms with Gasteiger partial charge in [0.2, 0.25) is 0 Å². The van der Waals surface area contributed by atoms with Crippen LogP contribution in [0.5, 0.6) is 5.75 Å². The molecule has 0 radical (unpaired) electrons. The molecule has 5 heteroatoms. The van der Waals surface area contributed by atoms with Crippen molar-refractivity contribution in [3.05, 3.63) is 52.1 Å². The number of aryl methyl sites for hydroxylation is 1. The number of carboxylic acids is 1. The first-order valence-electron chi connectivity index (χ1n) is 5.63. The van der Waals surface area contributed by atoms with Crippen molar-refractivity contribution >= 4 is 5.97 Å². The minimum absolute atomic E-state index is 0.116. The van der Waals surface area contributed by atoms with Gasteiger partial charge in [-0.2, -0.15) is 0 Å². The molecule has 0 aliphatic heterocycles. The van der Waals surface area contributed by atoms with E-state index >= 15 is 0 Å². The minimum atomic E-state index is -1.15. The van der Waals surface area contributed by atoms with E-state index in [1.165, 1.54) is 12.1 Å². The van der Waals surface area contributed by atoms with Crippen LogP contribution in [0.4, 0.5) is 0 Å². The van der Waals surface area contributed by atoms with Crippen LogP contribution in [0.25, 0.3) is 10.5 Å². The molecule has 0 fully saturated rings. The summed E-state index contributed by atoms with van der Waals surface area (Å²) in [5.41, 5.74) is 2.40. The first-order chi connectivity index (χ1) is 9.02. The first kappa shape index (κ1) is 12.7. The Morgan fingerprint density at radius 3 is 2.68 bits per heavy atom. The normalized spacial score (nSPS) is 9.79. The van der Waals surface area contributed by atoms with Crippen molar-refractivity contribution in [1.82, 2.24) is 4.57 Å². The van der Waals surface area contributed by atoms with Crippen LogP contribution in [0.2, 0.25) is 0 Å². The van der Waals surface area contributed by atoms with E-state index in [-0.39, 0.29) is 11.3 Å². The molecule has 0 atom stereocenters. The Bertz CT molecular complexity index is 705. The summed E-state index contributed by atoms with van der Waals surface area (Å²) in [7, 11) is 1.64. The van der Waals surface area contributed by atoms with Gasteiger partial charge in [0.1, 0.15) is 16.9 Å². The Labute approximate surface area is 110 Å². The summed E-state index contributed by atoms with van der Waals surface area (Å²) in [5, 5.41) is 18.5. The second kappa shape index (κ2) is 4.86. The summed E-state index contributed by atoms with van der Waals surface area (Å²) >= 11 is 0. The number of rotatable bonds is 2. The Morgan fingerprint density at radius 2 is 2.11 bits per heavy atom. The molecule has 2 rings (SSSR count). The fourth-order valence-electron chi connectivity index (χ4n) is 1.80. The van der Waals surface area contributed by atoms with Crippen LogP contribution in [0, 0.1) is 13.0 Å². The molecule has 0 amide bonds. The van der Waals surface area contributed by atoms with Crippen LogP contribution in [-0.2, 0) is 0 Å². The Morgan fingerprint density at radius 1 is 1.37 bits per heavy atom. The van der Waals surface area contributed by atoms with E-state index < -0.39 is 5.97 Å². The molecule has 0 spiro atoms. The molecule has 1 heterocycles. The number of nitrogens with zero attached hydrogens (tertiary/aromatic N) is 2. The minimum Gasteiger partial charge on any atom is -0.507 e. The predicted octanol–water partition coefficient (Wildman–Crippen LogP) is 2.50. The van der Waals surface area contributed by atoms with Gasteiger partial charge in [-0.25, -0.2) is 4.79 Å². The maximum absolute atomic E-state index is 10.8. The van der Waals surface area contributed by atoms with Crippen molar-refractivity contribution in [3.63, 3.8) is 0 Å². The van der Waals surface area contributed by atoms with Gasteiger partial charge < -0.3 is 14.8 Å². The zero-order chi connectivity index (χ0) is 14.0. The zero-order valence-corrected chi connectivity index (χ0v) is 10.6. The lowest BCUT2D eigenvalue weighted by atomic mass is 10.2. The second-order valence-corrected chi connectivity index (χ2v) is 4.10. The number of aromatic nitrogens is 1. The highest BCUT2D eigenvalue weighted by atomic mass is 16.4. The number of aromatic hydroxyl groups is 1. The molecule has 0 unspecified atom stereocenters. The average Bonchev–Trinajstić information content (AvgIpc) is 2.71. The molecule has 0 saturated carbocycles. The molecular formula is C14H13N2O3+. The maximum Gasteiger partial charge on any atom is 0.339 e. The van der Waals surface area contributed by atoms with Gasteiger partial charge >= 0.3 is 12.0 Å². The number of phenols is 1. The summed E-state index contributed by atoms with van der Waals surface area (Å²) in [6.07, 6.45) is 3.68. The molecule has 5 nitrogen and oxygen atoms in total. The zero-order valence-electron chi connectivity index (χ0n) is 10.6. The van der Waals surface area contributed by atoms with Gasteiger partial charge in [-0.3, -0.25) is 0 Å². The molecule has 0 saturated heterocycles. The smallest absolute Gasteiger partial charge is 0.339 e. The number of hydrogen-bond donors (Lipinski definition) is 2. The molecule has 19 heavy (non-hydrogen) atoms. The van der Waals surface area contributed by atoms with Crippen LogP contribution in [0.1, 0.15) is 21.5 Å². The molecule has 0 bridgehead atoms. The predicted molar refractivity (Wildman–Crippen MR) is 71.4 cm³/mol. The van der Waals surface area contributed by atoms with Crippen molar-refractivity contribution in [2.24, 2.45) is 0 Å². The van der Waals surface area contributed by atoms with Crippen LogP contribution < -0.4 is 0 Å². The standard InChI is InChI=1S/C14H12N2O3/c1-9-7-16(8-10(9)6-15-2)11-3-4-12(14(18)19)13(17)5-11/h3-5,7-8H,1-2H3,(H-,17,18,19)/p+1. The first-order valence-corrected chi connectivity index (χ1v) is 5.63. The highest BCUT2D eigenvalue weighted by Crippen LogP contribution is 2.22. The van der Waals surface area contributed by atoms with Gasteiger partial charge in [-0.05, 0) is 24.6 Å². The number of carbonyl (C=O) groups is 1. The van der Waals surface area contributed by atoms with E-state index in [0.717, 1.165) is 11.1 Å². The molecule has 0 aliphatic rings. The van der Waals surface area contributed by atoms with E-state index in [2.05, 4.69) is 10.9 Å². The van der Waals surface area contributed by atoms with Crippen LogP contribution >= 0.6 is 0 Å². The van der Waals surface area contributed by atoms with E-state index in [4.69, 9.17) is 5.11 Å². The molecule has 1 aromatic heterocycles. The van der Waals surface area contributed by atoms with E-state index in [1.54, 1.807) is 17.7 Å². The summed E-state index contributed by atoms with van der Waals surface area (Å²) in [5.74, 6) is -1.41. The van der Waals surface area contributed by atoms with Gasteiger partial charge in [-0.1, -0.05) is 4.85 Å². The molecular weight excluding hydrogens is 244 g/mol. The number of benzene rings is 1. The average molecular weight is 257 g/mol. The fourth-order valence-corrected chi connectivity index (χ4v) is 1.80. The largest absolute Gasteiger partial charge is 0.507 e. The van der Waals surface area contributed by atoms with Crippen molar-refractivity contribution in [3.8, 4) is 17.5 Å². The highest BCUT2D eigenvalue weighted by molar-refractivity contribution is 5.91. The van der Waals surface area contributed by atoms with Crippen molar-refractivity contribution in [2.45, 2.75) is 6.92 Å². The van der Waals surface area contributed by atoms with Gasteiger partial charge in [0.25, 0.3) is 7.05 Å². The monoisotopic (exact) mass is 257 g/mol. The number of aromatic carboxylic acids is 1. The Balaban J connectivity index is 2.47. The topological polar surface area (TPSA) is 66.8 Å². The lowest BCUT2D eigenvalue weighted by molar-refractivity contribution is 0.0694. The Hall–Kier alpha value is -2.74. The van der Waals surface area contributed by atoms with Crippen LogP contribution in [0.15, 0.2) is 30.6 Å². The highest BCUT2D eigenvalue weighted by Gasteiger charge is 2.12. The third-order valence-electron chi connectivity index (χ3n) is 2.77. The van der Waals surface area contributed by atoms with Gasteiger partial charge in [0.15, 0.2) is 0 Å². The summed E-state index contributed by atoms with van der Waals surface area (Å²) in [4.78, 5) is 14.7. The van der Waals surface area contributed by atoms with E-state index in [0.29, 0.717) is 5.69 Å². The van der Waals surface area contributed by atoms with Crippen LogP contribution in [-0.4, -0.2) is 27.8 Å². The molecule has 0 aliphatic carbocycles. The van der Waals surface area contributed by atoms with E-state index in [1.807, 2.05) is 19.3 Å². The maximum atomic E-state index is 10.8. The summed E-state index contributed by atoms with van der Waals surface area (Å²) in [6.45, 7) is 1.93. The number of hydrogen-bond acceptors (Lipinski definition) is 2. The van der Waals surface area contributed by atoms with Gasteiger partial charge in [-0.15, -0.1) is 0 Å². The summed E-state index contributed by atoms with van der Waals surface area (Å²) < 4.78 is 1.79. The van der Waals surface area contributed by atoms with Crippen molar-refractivity contribution in [2.75, 3.05) is 7.05 Å². The summed E-state index contributed by atoms with van der Waals surface area (Å²) in [6, 6.07) is 7.28. The number of carboxylic acid groups (broad SMARTS) is 1. The molecule has 2 N–H and O–H groups in total. The third-order valence-corrected chi connectivity index (χ3v) is 2.77. The third kappa shape index (κ3) is 2.43. The SMILES string of the molecule is C[N+]#Cc1cn(-c2ccc(C(=O)O)c(O)c2)cc1C. The fraction of sp³-hybridized carbons (Fsp3) is 0.143. The van der Waals surface area contributed by atoms with Crippen molar-refractivity contribution < 1.29 is 15.0 Å². The quantitative estimate of drug-likeness (QED) is 0.868. The lowest BCUT2D eigenvalue weighted by Crippen LogP contribution is -1.98. The van der Waals surface area contributed by atoms with Gasteiger partial charge in [0, 0.05) is 24.1 Å². The van der Waals surface area contributed by atoms with Crippen LogP contribution in [0.3, 0.4) is 0 Å². The lowest BCUT2D eigenvalue weighted by Gasteiger charge is -2.05. The van der Waals surface area contributed by atoms with E-state index in [9.17, 15) is 9.90 Å². The Kier molecular flexibility index (Phi) is 3.25. The second-order valence-electron chi connectivity index (χ2n) is 4.10. The molecule has 2 aromatic rings. The molecule has 1 aromatic carbocycles. The van der Waals surface area contributed by atoms with Crippen molar-refractivity contribution in [1.29, 1.82) is 0 Å². The van der Waals surface area contributed by atoms with Gasteiger partial charge in [0.05, 0.1) is 0 Å². The molecule has 96 valence electrons.